The van der Waals surface area contributed by atoms with Crippen LogP contribution in [0.1, 0.15) is 38.4 Å². The van der Waals surface area contributed by atoms with Crippen LogP contribution < -0.4 is 11.1 Å². The summed E-state index contributed by atoms with van der Waals surface area (Å²) in [7, 11) is 0. The fourth-order valence-corrected chi connectivity index (χ4v) is 4.97. The lowest BCUT2D eigenvalue weighted by molar-refractivity contribution is 0.381. The number of anilines is 1. The van der Waals surface area contributed by atoms with Crippen molar-refractivity contribution in [2.75, 3.05) is 37.7 Å². The second-order valence-corrected chi connectivity index (χ2v) is 9.35. The van der Waals surface area contributed by atoms with Crippen molar-refractivity contribution in [2.24, 2.45) is 10.9 Å². The normalized spacial score (nSPS) is 17.1. The van der Waals surface area contributed by atoms with E-state index < -0.39 is 0 Å². The Balaban J connectivity index is 1.66. The van der Waals surface area contributed by atoms with Gasteiger partial charge in [0.25, 0.3) is 0 Å². The molecule has 1 saturated heterocycles. The Labute approximate surface area is 189 Å². The van der Waals surface area contributed by atoms with E-state index in [1.165, 1.54) is 0 Å². The number of hydrogen-bond donors (Lipinski definition) is 2. The molecule has 7 nitrogen and oxygen atoms in total. The summed E-state index contributed by atoms with van der Waals surface area (Å²) in [6.07, 6.45) is 1.48. The average Bonchev–Trinajstić information content (AvgIpc) is 3.11. The first-order valence-electron chi connectivity index (χ1n) is 11.0. The topological polar surface area (TPSA) is 95.3 Å². The van der Waals surface area contributed by atoms with Gasteiger partial charge in [-0.1, -0.05) is 32.0 Å². The Morgan fingerprint density at radius 3 is 2.84 bits per heavy atom. The van der Waals surface area contributed by atoms with Crippen molar-refractivity contribution < 1.29 is 0 Å². The number of thioether (sulfide) groups is 1. The number of rotatable bonds is 7. The van der Waals surface area contributed by atoms with Crippen LogP contribution in [0.2, 0.25) is 0 Å². The SMILES string of the molecule is CCNC(=NCCCc1nn(-c2ccccc2)c(N)c1C#N)N1CCSC(C(C)C)C1. The lowest BCUT2D eigenvalue weighted by Gasteiger charge is -2.36. The summed E-state index contributed by atoms with van der Waals surface area (Å²) in [5.41, 5.74) is 8.26. The van der Waals surface area contributed by atoms with Gasteiger partial charge in [-0.25, -0.2) is 4.68 Å². The Morgan fingerprint density at radius 2 is 2.16 bits per heavy atom. The molecule has 0 amide bonds. The highest BCUT2D eigenvalue weighted by Gasteiger charge is 2.24. The highest BCUT2D eigenvalue weighted by atomic mass is 32.2. The number of hydrogen-bond acceptors (Lipinski definition) is 5. The van der Waals surface area contributed by atoms with Crippen LogP contribution in [-0.2, 0) is 6.42 Å². The zero-order chi connectivity index (χ0) is 22.2. The van der Waals surface area contributed by atoms with Crippen molar-refractivity contribution in [1.82, 2.24) is 20.0 Å². The second kappa shape index (κ2) is 11.1. The first kappa shape index (κ1) is 23.0. The molecule has 1 unspecified atom stereocenters. The summed E-state index contributed by atoms with van der Waals surface area (Å²) in [6.45, 7) is 10.3. The van der Waals surface area contributed by atoms with Crippen molar-refractivity contribution in [3.05, 3.63) is 41.6 Å². The molecule has 2 heterocycles. The number of nitrogens with zero attached hydrogens (tertiary/aromatic N) is 5. The maximum Gasteiger partial charge on any atom is 0.193 e. The fourth-order valence-electron chi connectivity index (χ4n) is 3.67. The van der Waals surface area contributed by atoms with Crippen molar-refractivity contribution in [3.63, 3.8) is 0 Å². The van der Waals surface area contributed by atoms with Gasteiger partial charge in [0.1, 0.15) is 17.5 Å². The molecule has 166 valence electrons. The van der Waals surface area contributed by atoms with Crippen LogP contribution in [0.5, 0.6) is 0 Å². The van der Waals surface area contributed by atoms with Crippen LogP contribution in [0.25, 0.3) is 5.69 Å². The van der Waals surface area contributed by atoms with E-state index in [2.05, 4.69) is 53.9 Å². The summed E-state index contributed by atoms with van der Waals surface area (Å²) in [5, 5.41) is 18.3. The minimum Gasteiger partial charge on any atom is -0.382 e. The van der Waals surface area contributed by atoms with Gasteiger partial charge >= 0.3 is 0 Å². The number of nitriles is 1. The first-order chi connectivity index (χ1) is 15.0. The number of nitrogens with two attached hydrogens (primary N) is 1. The van der Waals surface area contributed by atoms with E-state index in [0.29, 0.717) is 35.5 Å². The highest BCUT2D eigenvalue weighted by Crippen LogP contribution is 2.25. The second-order valence-electron chi connectivity index (χ2n) is 8.00. The monoisotopic (exact) mass is 439 g/mol. The number of aryl methyl sites for hydroxylation is 1. The standard InChI is InChI=1S/C23H33N7S/c1-4-26-23(29-13-14-31-21(16-29)17(2)3)27-12-8-11-20-19(15-24)22(25)30(28-20)18-9-6-5-7-10-18/h5-7,9-10,17,21H,4,8,11-14,16,25H2,1-3H3,(H,26,27). The van der Waals surface area contributed by atoms with Crippen molar-refractivity contribution >= 4 is 23.5 Å². The molecule has 0 radical (unpaired) electrons. The number of nitrogen functional groups attached to an aromatic ring is 1. The predicted octanol–water partition coefficient (Wildman–Crippen LogP) is 3.30. The quantitative estimate of drug-likeness (QED) is 0.390. The third kappa shape index (κ3) is 5.73. The van der Waals surface area contributed by atoms with Gasteiger partial charge in [-0.15, -0.1) is 0 Å². The van der Waals surface area contributed by atoms with E-state index in [0.717, 1.165) is 49.1 Å². The lowest BCUT2D eigenvalue weighted by atomic mass is 10.1. The molecule has 0 saturated carbocycles. The van der Waals surface area contributed by atoms with E-state index in [1.807, 2.05) is 30.3 Å². The van der Waals surface area contributed by atoms with E-state index >= 15 is 0 Å². The third-order valence-electron chi connectivity index (χ3n) is 5.41. The van der Waals surface area contributed by atoms with E-state index in [9.17, 15) is 5.26 Å². The minimum atomic E-state index is 0.395. The minimum absolute atomic E-state index is 0.395. The molecule has 31 heavy (non-hydrogen) atoms. The van der Waals surface area contributed by atoms with E-state index in [1.54, 1.807) is 4.68 Å². The number of nitrogens with one attached hydrogen (secondary N) is 1. The van der Waals surface area contributed by atoms with E-state index in [-0.39, 0.29) is 0 Å². The summed E-state index contributed by atoms with van der Waals surface area (Å²) in [6, 6.07) is 11.9. The zero-order valence-corrected chi connectivity index (χ0v) is 19.5. The number of guanidine groups is 1. The summed E-state index contributed by atoms with van der Waals surface area (Å²) in [4.78, 5) is 7.24. The molecular weight excluding hydrogens is 406 g/mol. The van der Waals surface area contributed by atoms with Crippen LogP contribution in [0.4, 0.5) is 5.82 Å². The van der Waals surface area contributed by atoms with Gasteiger partial charge in [0, 0.05) is 37.2 Å². The Bertz CT molecular complexity index is 914. The Morgan fingerprint density at radius 1 is 1.39 bits per heavy atom. The molecule has 3 rings (SSSR count). The van der Waals surface area contributed by atoms with Crippen molar-refractivity contribution in [3.8, 4) is 11.8 Å². The smallest absolute Gasteiger partial charge is 0.193 e. The number of para-hydroxylation sites is 1. The highest BCUT2D eigenvalue weighted by molar-refractivity contribution is 8.00. The van der Waals surface area contributed by atoms with Gasteiger partial charge in [0.05, 0.1) is 11.4 Å². The molecule has 1 aliphatic rings. The predicted molar refractivity (Wildman–Crippen MR) is 130 cm³/mol. The fraction of sp³-hybridized carbons (Fsp3) is 0.522. The van der Waals surface area contributed by atoms with Crippen molar-refractivity contribution in [2.45, 2.75) is 38.9 Å². The van der Waals surface area contributed by atoms with Crippen LogP contribution in [0.3, 0.4) is 0 Å². The van der Waals surface area contributed by atoms with E-state index in [4.69, 9.17) is 10.7 Å². The molecule has 0 bridgehead atoms. The molecule has 1 aromatic heterocycles. The molecular formula is C23H33N7S. The van der Waals surface area contributed by atoms with Gasteiger partial charge in [0.15, 0.2) is 5.96 Å². The molecule has 2 aromatic rings. The molecule has 3 N–H and O–H groups in total. The van der Waals surface area contributed by atoms with Crippen LogP contribution in [0, 0.1) is 17.2 Å². The molecule has 1 fully saturated rings. The molecule has 8 heteroatoms. The van der Waals surface area contributed by atoms with Crippen molar-refractivity contribution in [1.29, 1.82) is 5.26 Å². The molecule has 0 spiro atoms. The van der Waals surface area contributed by atoms with Gasteiger partial charge in [-0.3, -0.25) is 4.99 Å². The summed E-state index contributed by atoms with van der Waals surface area (Å²) >= 11 is 2.06. The Kier molecular flexibility index (Phi) is 8.24. The molecule has 1 aliphatic heterocycles. The summed E-state index contributed by atoms with van der Waals surface area (Å²) in [5.74, 6) is 3.18. The number of aromatic nitrogens is 2. The number of benzene rings is 1. The molecule has 0 aliphatic carbocycles. The first-order valence-corrected chi connectivity index (χ1v) is 12.1. The largest absolute Gasteiger partial charge is 0.382 e. The third-order valence-corrected chi connectivity index (χ3v) is 6.95. The maximum atomic E-state index is 9.58. The molecule has 1 aromatic carbocycles. The van der Waals surface area contributed by atoms with Gasteiger partial charge in [-0.2, -0.15) is 22.1 Å². The molecule has 1 atom stereocenters. The number of aliphatic imine (C=N–C) groups is 1. The Hall–Kier alpha value is -2.66. The average molecular weight is 440 g/mol. The van der Waals surface area contributed by atoms with Crippen LogP contribution >= 0.6 is 11.8 Å². The van der Waals surface area contributed by atoms with Gasteiger partial charge in [-0.05, 0) is 37.8 Å². The lowest BCUT2D eigenvalue weighted by Crippen LogP contribution is -2.49. The van der Waals surface area contributed by atoms with Gasteiger partial charge in [0.2, 0.25) is 0 Å². The van der Waals surface area contributed by atoms with Crippen LogP contribution in [0.15, 0.2) is 35.3 Å². The van der Waals surface area contributed by atoms with Gasteiger partial charge < -0.3 is 16.0 Å². The maximum absolute atomic E-state index is 9.58. The van der Waals surface area contributed by atoms with Crippen LogP contribution in [-0.4, -0.2) is 57.8 Å². The summed E-state index contributed by atoms with van der Waals surface area (Å²) < 4.78 is 1.65. The zero-order valence-electron chi connectivity index (χ0n) is 18.7.